The number of carbonyl (C=O) groups excluding carboxylic acids is 2. The molecule has 7 heteroatoms. The van der Waals surface area contributed by atoms with Crippen LogP contribution in [0.5, 0.6) is 0 Å². The van der Waals surface area contributed by atoms with Gasteiger partial charge in [-0.25, -0.2) is 0 Å². The highest BCUT2D eigenvalue weighted by Crippen LogP contribution is 2.29. The zero-order valence-corrected chi connectivity index (χ0v) is 12.2. The molecule has 0 saturated carbocycles. The summed E-state index contributed by atoms with van der Waals surface area (Å²) in [5.41, 5.74) is -0.411. The first kappa shape index (κ1) is 14.7. The van der Waals surface area contributed by atoms with Crippen LogP contribution >= 0.6 is 0 Å². The van der Waals surface area contributed by atoms with Gasteiger partial charge in [-0.1, -0.05) is 12.1 Å². The summed E-state index contributed by atoms with van der Waals surface area (Å²) in [6, 6.07) is 6.49. The van der Waals surface area contributed by atoms with Crippen molar-refractivity contribution in [2.75, 3.05) is 12.9 Å². The van der Waals surface area contributed by atoms with Crippen LogP contribution in [0, 0.1) is 0 Å². The molecule has 1 heterocycles. The number of hydrogen-bond acceptors (Lipinski definition) is 5. The average molecular weight is 297 g/mol. The van der Waals surface area contributed by atoms with Crippen molar-refractivity contribution in [2.45, 2.75) is 19.4 Å². The van der Waals surface area contributed by atoms with Gasteiger partial charge in [-0.05, 0) is 26.0 Å². The molecule has 6 nitrogen and oxygen atoms in total. The van der Waals surface area contributed by atoms with Crippen LogP contribution in [0.4, 0.5) is 0 Å². The van der Waals surface area contributed by atoms with Gasteiger partial charge < -0.3 is 0 Å². The third-order valence-electron chi connectivity index (χ3n) is 3.03. The van der Waals surface area contributed by atoms with Gasteiger partial charge in [-0.3, -0.25) is 18.7 Å². The van der Waals surface area contributed by atoms with E-state index in [-0.39, 0.29) is 6.61 Å². The summed E-state index contributed by atoms with van der Waals surface area (Å²) in [7, 11) is -3.64. The fourth-order valence-electron chi connectivity index (χ4n) is 2.05. The molecule has 20 heavy (non-hydrogen) atoms. The third-order valence-corrected chi connectivity index (χ3v) is 3.57. The van der Waals surface area contributed by atoms with E-state index in [2.05, 4.69) is 0 Å². The molecule has 0 atom stereocenters. The molecular formula is C13H15NO5S. The van der Waals surface area contributed by atoms with Gasteiger partial charge in [0.15, 0.2) is 0 Å². The Bertz CT molecular complexity index is 643. The maximum absolute atomic E-state index is 12.3. The normalized spacial score (nSPS) is 15.7. The molecular weight excluding hydrogens is 282 g/mol. The lowest BCUT2D eigenvalue weighted by Crippen LogP contribution is -2.50. The van der Waals surface area contributed by atoms with E-state index >= 15 is 0 Å². The summed E-state index contributed by atoms with van der Waals surface area (Å²) >= 11 is 0. The number of nitrogens with zero attached hydrogens (tertiary/aromatic N) is 1. The number of hydrogen-bond donors (Lipinski definition) is 0. The van der Waals surface area contributed by atoms with Crippen LogP contribution in [0.2, 0.25) is 0 Å². The second-order valence-electron chi connectivity index (χ2n) is 5.27. The van der Waals surface area contributed by atoms with Gasteiger partial charge in [-0.2, -0.15) is 8.42 Å². The minimum atomic E-state index is -3.64. The molecule has 0 aliphatic carbocycles. The van der Waals surface area contributed by atoms with Crippen molar-refractivity contribution in [1.82, 2.24) is 4.90 Å². The summed E-state index contributed by atoms with van der Waals surface area (Å²) < 4.78 is 26.9. The highest BCUT2D eigenvalue weighted by atomic mass is 32.2. The summed E-state index contributed by atoms with van der Waals surface area (Å²) in [6.45, 7) is 2.89. The monoisotopic (exact) mass is 297 g/mol. The lowest BCUT2D eigenvalue weighted by molar-refractivity contribution is 0.0388. The molecule has 108 valence electrons. The highest BCUT2D eigenvalue weighted by molar-refractivity contribution is 7.85. The van der Waals surface area contributed by atoms with Crippen molar-refractivity contribution in [3.05, 3.63) is 35.4 Å². The van der Waals surface area contributed by atoms with E-state index in [9.17, 15) is 18.0 Å². The Kier molecular flexibility index (Phi) is 3.43. The predicted octanol–water partition coefficient (Wildman–Crippen LogP) is 1.04. The predicted molar refractivity (Wildman–Crippen MR) is 71.8 cm³/mol. The molecule has 2 amide bonds. The van der Waals surface area contributed by atoms with Crippen LogP contribution in [-0.4, -0.2) is 43.5 Å². The minimum absolute atomic E-state index is 0.280. The van der Waals surface area contributed by atoms with Crippen LogP contribution in [0.25, 0.3) is 0 Å². The number of benzene rings is 1. The van der Waals surface area contributed by atoms with E-state index in [1.807, 2.05) is 0 Å². The molecule has 2 rings (SSSR count). The Morgan fingerprint density at radius 1 is 1.10 bits per heavy atom. The quantitative estimate of drug-likeness (QED) is 0.612. The van der Waals surface area contributed by atoms with Crippen molar-refractivity contribution < 1.29 is 22.2 Å². The lowest BCUT2D eigenvalue weighted by atomic mass is 10.0. The SMILES string of the molecule is CC(C)(COS(C)(=O)=O)N1C(=O)c2ccccc2C1=O. The molecule has 0 unspecified atom stereocenters. The number of rotatable bonds is 4. The van der Waals surface area contributed by atoms with Gasteiger partial charge in [-0.15, -0.1) is 0 Å². The fourth-order valence-corrected chi connectivity index (χ4v) is 2.56. The maximum atomic E-state index is 12.3. The van der Waals surface area contributed by atoms with E-state index in [1.165, 1.54) is 0 Å². The van der Waals surface area contributed by atoms with Gasteiger partial charge in [0.2, 0.25) is 0 Å². The molecule has 0 aromatic heterocycles. The van der Waals surface area contributed by atoms with Crippen LogP contribution < -0.4 is 0 Å². The first-order chi connectivity index (χ1) is 9.13. The Labute approximate surface area is 117 Å². The molecule has 0 fully saturated rings. The second kappa shape index (κ2) is 4.68. The van der Waals surface area contributed by atoms with Gasteiger partial charge in [0.1, 0.15) is 0 Å². The Morgan fingerprint density at radius 2 is 1.55 bits per heavy atom. The van der Waals surface area contributed by atoms with Gasteiger partial charge in [0.25, 0.3) is 21.9 Å². The molecule has 1 aromatic rings. The molecule has 1 aromatic carbocycles. The first-order valence-corrected chi connectivity index (χ1v) is 7.77. The third kappa shape index (κ3) is 2.59. The standard InChI is InChI=1S/C13H15NO5S/c1-13(2,8-19-20(3,17)18)14-11(15)9-6-4-5-7-10(9)12(14)16/h4-7H,8H2,1-3H3. The van der Waals surface area contributed by atoms with E-state index in [4.69, 9.17) is 4.18 Å². The summed E-state index contributed by atoms with van der Waals surface area (Å²) in [4.78, 5) is 25.6. The van der Waals surface area contributed by atoms with Crippen molar-refractivity contribution in [3.63, 3.8) is 0 Å². The van der Waals surface area contributed by atoms with Gasteiger partial charge >= 0.3 is 0 Å². The van der Waals surface area contributed by atoms with E-state index in [1.54, 1.807) is 38.1 Å². The highest BCUT2D eigenvalue weighted by Gasteiger charge is 2.44. The lowest BCUT2D eigenvalue weighted by Gasteiger charge is -2.32. The largest absolute Gasteiger partial charge is 0.269 e. The van der Waals surface area contributed by atoms with Crippen molar-refractivity contribution in [1.29, 1.82) is 0 Å². The number of fused-ring (bicyclic) bond motifs is 1. The Balaban J connectivity index is 2.31. The molecule has 0 saturated heterocycles. The molecule has 0 spiro atoms. The van der Waals surface area contributed by atoms with E-state index < -0.39 is 27.5 Å². The Hall–Kier alpha value is -1.73. The first-order valence-electron chi connectivity index (χ1n) is 5.96. The molecule has 1 aliphatic heterocycles. The van der Waals surface area contributed by atoms with E-state index in [0.717, 1.165) is 11.2 Å². The zero-order valence-electron chi connectivity index (χ0n) is 11.4. The zero-order chi connectivity index (χ0) is 15.1. The van der Waals surface area contributed by atoms with Crippen molar-refractivity contribution in [3.8, 4) is 0 Å². The summed E-state index contributed by atoms with van der Waals surface area (Å²) in [5, 5.41) is 0. The fraction of sp³-hybridized carbons (Fsp3) is 0.385. The van der Waals surface area contributed by atoms with Crippen molar-refractivity contribution in [2.24, 2.45) is 0 Å². The van der Waals surface area contributed by atoms with E-state index in [0.29, 0.717) is 11.1 Å². The minimum Gasteiger partial charge on any atom is -0.269 e. The van der Waals surface area contributed by atoms with Crippen molar-refractivity contribution >= 4 is 21.9 Å². The summed E-state index contributed by atoms with van der Waals surface area (Å²) in [6.07, 6.45) is 0.922. The second-order valence-corrected chi connectivity index (χ2v) is 6.91. The average Bonchev–Trinajstić information content (AvgIpc) is 2.60. The van der Waals surface area contributed by atoms with Gasteiger partial charge in [0, 0.05) is 0 Å². The van der Waals surface area contributed by atoms with Crippen LogP contribution in [0.15, 0.2) is 24.3 Å². The molecule has 1 aliphatic rings. The number of imide groups is 1. The molecule has 0 bridgehead atoms. The molecule has 0 N–H and O–H groups in total. The smallest absolute Gasteiger partial charge is 0.264 e. The summed E-state index contributed by atoms with van der Waals surface area (Å²) in [5.74, 6) is -0.875. The topological polar surface area (TPSA) is 80.8 Å². The van der Waals surface area contributed by atoms with Gasteiger partial charge in [0.05, 0.1) is 29.5 Å². The van der Waals surface area contributed by atoms with Crippen LogP contribution in [0.1, 0.15) is 34.6 Å². The number of carbonyl (C=O) groups is 2. The van der Waals surface area contributed by atoms with Crippen LogP contribution in [0.3, 0.4) is 0 Å². The Morgan fingerprint density at radius 3 is 1.95 bits per heavy atom. The number of amides is 2. The van der Waals surface area contributed by atoms with Crippen LogP contribution in [-0.2, 0) is 14.3 Å². The molecule has 0 radical (unpaired) electrons. The maximum Gasteiger partial charge on any atom is 0.264 e.